The molecular formula is C9H17N3O2S. The lowest BCUT2D eigenvalue weighted by Gasteiger charge is -2.24. The molecule has 1 aliphatic heterocycles. The van der Waals surface area contributed by atoms with Gasteiger partial charge in [-0.2, -0.15) is 0 Å². The van der Waals surface area contributed by atoms with Gasteiger partial charge in [-0.25, -0.2) is 0 Å². The van der Waals surface area contributed by atoms with Gasteiger partial charge in [-0.15, -0.1) is 0 Å². The first-order valence-corrected chi connectivity index (χ1v) is 5.24. The highest BCUT2D eigenvalue weighted by atomic mass is 32.1. The van der Waals surface area contributed by atoms with Crippen molar-refractivity contribution < 1.29 is 9.53 Å². The molecule has 2 N–H and O–H groups in total. The van der Waals surface area contributed by atoms with E-state index in [0.717, 1.165) is 6.54 Å². The largest absolute Gasteiger partial charge is 0.468 e. The summed E-state index contributed by atoms with van der Waals surface area (Å²) in [6, 6.07) is -0.0285. The van der Waals surface area contributed by atoms with Gasteiger partial charge >= 0.3 is 5.97 Å². The molecule has 0 aromatic rings. The Morgan fingerprint density at radius 2 is 2.40 bits per heavy atom. The van der Waals surface area contributed by atoms with E-state index in [0.29, 0.717) is 11.5 Å². The SMILES string of the molecule is COC(=O)[C@H](CC1CNC(=S)N1)N(C)C. The van der Waals surface area contributed by atoms with Crippen LogP contribution >= 0.6 is 12.2 Å². The van der Waals surface area contributed by atoms with E-state index in [1.165, 1.54) is 7.11 Å². The molecule has 86 valence electrons. The van der Waals surface area contributed by atoms with Crippen LogP contribution in [0.25, 0.3) is 0 Å². The molecule has 1 fully saturated rings. The average Bonchev–Trinajstić information content (AvgIpc) is 2.59. The fraction of sp³-hybridized carbons (Fsp3) is 0.778. The summed E-state index contributed by atoms with van der Waals surface area (Å²) in [7, 11) is 5.13. The Balaban J connectivity index is 2.51. The number of methoxy groups -OCH3 is 1. The third-order valence-corrected chi connectivity index (χ3v) is 2.71. The average molecular weight is 231 g/mol. The zero-order valence-corrected chi connectivity index (χ0v) is 10.1. The molecular weight excluding hydrogens is 214 g/mol. The van der Waals surface area contributed by atoms with Gasteiger partial charge in [0.05, 0.1) is 7.11 Å². The van der Waals surface area contributed by atoms with Gasteiger partial charge in [-0.3, -0.25) is 9.69 Å². The van der Waals surface area contributed by atoms with Crippen LogP contribution in [-0.4, -0.2) is 55.8 Å². The summed E-state index contributed by atoms with van der Waals surface area (Å²) in [5, 5.41) is 6.78. The Hall–Kier alpha value is -0.880. The molecule has 1 unspecified atom stereocenters. The maximum absolute atomic E-state index is 11.5. The standard InChI is InChI=1S/C9H17N3O2S/c1-12(2)7(8(13)14-3)4-6-5-10-9(15)11-6/h6-7H,4-5H2,1-3H3,(H2,10,11,15)/t6?,7-/m0/s1. The molecule has 1 saturated heterocycles. The molecule has 0 aromatic carbocycles. The fourth-order valence-electron chi connectivity index (χ4n) is 1.57. The number of esters is 1. The molecule has 5 nitrogen and oxygen atoms in total. The molecule has 0 spiro atoms. The highest BCUT2D eigenvalue weighted by Crippen LogP contribution is 2.08. The summed E-state index contributed by atoms with van der Waals surface area (Å²) >= 11 is 4.96. The van der Waals surface area contributed by atoms with Crippen LogP contribution in [0.4, 0.5) is 0 Å². The molecule has 0 saturated carbocycles. The van der Waals surface area contributed by atoms with Crippen molar-refractivity contribution >= 4 is 23.3 Å². The number of likely N-dealkylation sites (N-methyl/N-ethyl adjacent to an activating group) is 1. The summed E-state index contributed by atoms with van der Waals surface area (Å²) in [6.45, 7) is 0.764. The van der Waals surface area contributed by atoms with Crippen molar-refractivity contribution in [3.8, 4) is 0 Å². The van der Waals surface area contributed by atoms with Crippen molar-refractivity contribution in [3.63, 3.8) is 0 Å². The van der Waals surface area contributed by atoms with Gasteiger partial charge in [0.2, 0.25) is 0 Å². The van der Waals surface area contributed by atoms with Crippen LogP contribution in [0.15, 0.2) is 0 Å². The zero-order chi connectivity index (χ0) is 11.4. The van der Waals surface area contributed by atoms with Crippen LogP contribution < -0.4 is 10.6 Å². The van der Waals surface area contributed by atoms with Crippen LogP contribution in [0, 0.1) is 0 Å². The van der Waals surface area contributed by atoms with Crippen LogP contribution in [-0.2, 0) is 9.53 Å². The number of carbonyl (C=O) groups is 1. The Bertz CT molecular complexity index is 258. The van der Waals surface area contributed by atoms with Gasteiger partial charge in [0, 0.05) is 12.6 Å². The first-order valence-electron chi connectivity index (χ1n) is 4.83. The quantitative estimate of drug-likeness (QED) is 0.494. The molecule has 0 aromatic heterocycles. The Morgan fingerprint density at radius 3 is 2.80 bits per heavy atom. The van der Waals surface area contributed by atoms with Crippen molar-refractivity contribution in [2.75, 3.05) is 27.7 Å². The number of hydrogen-bond donors (Lipinski definition) is 2. The number of carbonyl (C=O) groups excluding carboxylic acids is 1. The van der Waals surface area contributed by atoms with Gasteiger partial charge in [-0.1, -0.05) is 0 Å². The van der Waals surface area contributed by atoms with Gasteiger partial charge in [0.25, 0.3) is 0 Å². The molecule has 1 heterocycles. The minimum absolute atomic E-state index is 0.198. The van der Waals surface area contributed by atoms with Crippen molar-refractivity contribution in [2.45, 2.75) is 18.5 Å². The fourth-order valence-corrected chi connectivity index (χ4v) is 1.82. The summed E-state index contributed by atoms with van der Waals surface area (Å²) < 4.78 is 4.75. The number of thiocarbonyl (C=S) groups is 1. The van der Waals surface area contributed by atoms with E-state index in [9.17, 15) is 4.79 Å². The Morgan fingerprint density at radius 1 is 1.73 bits per heavy atom. The molecule has 1 rings (SSSR count). The third kappa shape index (κ3) is 3.32. The van der Waals surface area contributed by atoms with E-state index in [4.69, 9.17) is 17.0 Å². The molecule has 0 radical (unpaired) electrons. The molecule has 15 heavy (non-hydrogen) atoms. The predicted octanol–water partition coefficient (Wildman–Crippen LogP) is -0.674. The summed E-state index contributed by atoms with van der Waals surface area (Å²) in [5.74, 6) is -0.209. The van der Waals surface area contributed by atoms with E-state index in [1.54, 1.807) is 0 Å². The highest BCUT2D eigenvalue weighted by molar-refractivity contribution is 7.80. The second-order valence-corrected chi connectivity index (χ2v) is 4.20. The van der Waals surface area contributed by atoms with Crippen molar-refractivity contribution in [1.29, 1.82) is 0 Å². The van der Waals surface area contributed by atoms with Crippen LogP contribution in [0.1, 0.15) is 6.42 Å². The number of nitrogens with zero attached hydrogens (tertiary/aromatic N) is 1. The smallest absolute Gasteiger partial charge is 0.323 e. The molecule has 0 aliphatic carbocycles. The first-order chi connectivity index (χ1) is 7.04. The molecule has 1 aliphatic rings. The third-order valence-electron chi connectivity index (χ3n) is 2.45. The van der Waals surface area contributed by atoms with Gasteiger partial charge in [0.15, 0.2) is 5.11 Å². The Labute approximate surface area is 95.1 Å². The maximum atomic E-state index is 11.5. The maximum Gasteiger partial charge on any atom is 0.323 e. The lowest BCUT2D eigenvalue weighted by molar-refractivity contribution is -0.146. The van der Waals surface area contributed by atoms with Gasteiger partial charge < -0.3 is 15.4 Å². The molecule has 2 atom stereocenters. The second-order valence-electron chi connectivity index (χ2n) is 3.79. The zero-order valence-electron chi connectivity index (χ0n) is 9.24. The number of nitrogens with one attached hydrogen (secondary N) is 2. The normalized spacial score (nSPS) is 22.1. The summed E-state index contributed by atoms with van der Waals surface area (Å²) in [6.07, 6.45) is 0.687. The lowest BCUT2D eigenvalue weighted by Crippen LogP contribution is -2.42. The monoisotopic (exact) mass is 231 g/mol. The topological polar surface area (TPSA) is 53.6 Å². The van der Waals surface area contributed by atoms with E-state index in [2.05, 4.69) is 10.6 Å². The second kappa shape index (κ2) is 5.27. The highest BCUT2D eigenvalue weighted by Gasteiger charge is 2.28. The first kappa shape index (κ1) is 12.2. The van der Waals surface area contributed by atoms with Gasteiger partial charge in [-0.05, 0) is 32.7 Å². The van der Waals surface area contributed by atoms with Crippen molar-refractivity contribution in [3.05, 3.63) is 0 Å². The van der Waals surface area contributed by atoms with Crippen LogP contribution in [0.5, 0.6) is 0 Å². The predicted molar refractivity (Wildman–Crippen MR) is 61.6 cm³/mol. The van der Waals surface area contributed by atoms with Crippen LogP contribution in [0.2, 0.25) is 0 Å². The number of ether oxygens (including phenoxy) is 1. The van der Waals surface area contributed by atoms with E-state index < -0.39 is 0 Å². The molecule has 0 amide bonds. The lowest BCUT2D eigenvalue weighted by atomic mass is 10.1. The summed E-state index contributed by atoms with van der Waals surface area (Å²) in [4.78, 5) is 13.3. The Kier molecular flexibility index (Phi) is 4.28. The van der Waals surface area contributed by atoms with E-state index >= 15 is 0 Å². The number of hydrogen-bond acceptors (Lipinski definition) is 4. The minimum atomic E-state index is -0.227. The summed E-state index contributed by atoms with van der Waals surface area (Å²) in [5.41, 5.74) is 0. The number of rotatable bonds is 4. The van der Waals surface area contributed by atoms with Crippen molar-refractivity contribution in [1.82, 2.24) is 15.5 Å². The molecule has 0 bridgehead atoms. The van der Waals surface area contributed by atoms with E-state index in [-0.39, 0.29) is 18.1 Å². The van der Waals surface area contributed by atoms with Gasteiger partial charge in [0.1, 0.15) is 6.04 Å². The molecule has 6 heteroatoms. The van der Waals surface area contributed by atoms with Crippen LogP contribution in [0.3, 0.4) is 0 Å². The minimum Gasteiger partial charge on any atom is -0.468 e. The van der Waals surface area contributed by atoms with Crippen molar-refractivity contribution in [2.24, 2.45) is 0 Å². The van der Waals surface area contributed by atoms with E-state index in [1.807, 2.05) is 19.0 Å².